The van der Waals surface area contributed by atoms with E-state index in [9.17, 15) is 9.59 Å². The fourth-order valence-electron chi connectivity index (χ4n) is 2.07. The molecular formula is C18H28N2O4. The second kappa shape index (κ2) is 9.27. The van der Waals surface area contributed by atoms with Gasteiger partial charge in [0.15, 0.2) is 0 Å². The van der Waals surface area contributed by atoms with E-state index in [0.29, 0.717) is 6.54 Å². The van der Waals surface area contributed by atoms with Crippen LogP contribution in [0.2, 0.25) is 0 Å². The van der Waals surface area contributed by atoms with Gasteiger partial charge in [0.2, 0.25) is 0 Å². The largest absolute Gasteiger partial charge is 0.461 e. The van der Waals surface area contributed by atoms with Gasteiger partial charge < -0.3 is 19.7 Å². The minimum atomic E-state index is -0.583. The summed E-state index contributed by atoms with van der Waals surface area (Å²) < 4.78 is 10.5. The SMILES string of the molecule is CN(C)C[C@@H](CC(=O)OCc1ccccc1)NC(=O)OC(C)(C)C. The van der Waals surface area contributed by atoms with Crippen LogP contribution < -0.4 is 5.32 Å². The molecule has 6 nitrogen and oxygen atoms in total. The van der Waals surface area contributed by atoms with Crippen LogP contribution in [0, 0.1) is 0 Å². The van der Waals surface area contributed by atoms with Crippen molar-refractivity contribution in [2.24, 2.45) is 0 Å². The normalized spacial score (nSPS) is 12.6. The molecule has 1 aromatic rings. The maximum Gasteiger partial charge on any atom is 0.407 e. The number of ether oxygens (including phenoxy) is 2. The average molecular weight is 336 g/mol. The van der Waals surface area contributed by atoms with Gasteiger partial charge in [-0.15, -0.1) is 0 Å². The molecule has 1 amide bonds. The molecule has 0 saturated heterocycles. The Hall–Kier alpha value is -2.08. The number of hydrogen-bond acceptors (Lipinski definition) is 5. The molecule has 0 saturated carbocycles. The summed E-state index contributed by atoms with van der Waals surface area (Å²) in [6.45, 7) is 6.12. The van der Waals surface area contributed by atoms with Crippen LogP contribution in [0.25, 0.3) is 0 Å². The summed E-state index contributed by atoms with van der Waals surface area (Å²) in [5, 5.41) is 2.73. The fraction of sp³-hybridized carbons (Fsp3) is 0.556. The molecule has 1 aromatic carbocycles. The molecule has 0 unspecified atom stereocenters. The zero-order chi connectivity index (χ0) is 18.2. The van der Waals surface area contributed by atoms with E-state index in [1.807, 2.05) is 49.3 Å². The van der Waals surface area contributed by atoms with E-state index in [2.05, 4.69) is 5.32 Å². The van der Waals surface area contributed by atoms with Gasteiger partial charge in [-0.3, -0.25) is 4.79 Å². The van der Waals surface area contributed by atoms with Gasteiger partial charge in [0, 0.05) is 6.54 Å². The van der Waals surface area contributed by atoms with Crippen LogP contribution >= 0.6 is 0 Å². The Kier molecular flexibility index (Phi) is 7.71. The molecule has 1 rings (SSSR count). The van der Waals surface area contributed by atoms with Crippen molar-refractivity contribution in [3.63, 3.8) is 0 Å². The number of alkyl carbamates (subject to hydrolysis) is 1. The number of amides is 1. The number of hydrogen-bond donors (Lipinski definition) is 1. The van der Waals surface area contributed by atoms with Crippen LogP contribution in [0.15, 0.2) is 30.3 Å². The predicted molar refractivity (Wildman–Crippen MR) is 92.6 cm³/mol. The third-order valence-electron chi connectivity index (χ3n) is 2.96. The Labute approximate surface area is 144 Å². The Morgan fingerprint density at radius 1 is 1.17 bits per heavy atom. The van der Waals surface area contributed by atoms with Crippen molar-refractivity contribution in [2.75, 3.05) is 20.6 Å². The van der Waals surface area contributed by atoms with Gasteiger partial charge >= 0.3 is 12.1 Å². The lowest BCUT2D eigenvalue weighted by Gasteiger charge is -2.25. The van der Waals surface area contributed by atoms with Crippen molar-refractivity contribution in [3.8, 4) is 0 Å². The fourth-order valence-corrected chi connectivity index (χ4v) is 2.07. The summed E-state index contributed by atoms with van der Waals surface area (Å²) in [6, 6.07) is 9.10. The molecule has 6 heteroatoms. The number of benzene rings is 1. The number of nitrogens with zero attached hydrogens (tertiary/aromatic N) is 1. The lowest BCUT2D eigenvalue weighted by Crippen LogP contribution is -2.45. The molecule has 0 spiro atoms. The van der Waals surface area contributed by atoms with E-state index in [-0.39, 0.29) is 25.0 Å². The zero-order valence-electron chi connectivity index (χ0n) is 15.2. The number of nitrogens with one attached hydrogen (secondary N) is 1. The molecule has 0 bridgehead atoms. The number of carbonyl (C=O) groups excluding carboxylic acids is 2. The van der Waals surface area contributed by atoms with Gasteiger partial charge in [-0.05, 0) is 40.4 Å². The minimum Gasteiger partial charge on any atom is -0.461 e. The smallest absolute Gasteiger partial charge is 0.407 e. The van der Waals surface area contributed by atoms with Crippen LogP contribution in [-0.2, 0) is 20.9 Å². The first kappa shape index (κ1) is 20.0. The van der Waals surface area contributed by atoms with E-state index in [0.717, 1.165) is 5.56 Å². The van der Waals surface area contributed by atoms with E-state index < -0.39 is 11.7 Å². The van der Waals surface area contributed by atoms with E-state index in [1.165, 1.54) is 0 Å². The quantitative estimate of drug-likeness (QED) is 0.775. The van der Waals surface area contributed by atoms with Crippen LogP contribution in [0.3, 0.4) is 0 Å². The first-order valence-corrected chi connectivity index (χ1v) is 7.99. The molecule has 0 radical (unpaired) electrons. The maximum atomic E-state index is 12.0. The highest BCUT2D eigenvalue weighted by Gasteiger charge is 2.22. The lowest BCUT2D eigenvalue weighted by molar-refractivity contribution is -0.145. The molecule has 0 aromatic heterocycles. The highest BCUT2D eigenvalue weighted by molar-refractivity contribution is 5.73. The van der Waals surface area contributed by atoms with Gasteiger partial charge in [0.25, 0.3) is 0 Å². The molecule has 0 fully saturated rings. The van der Waals surface area contributed by atoms with Gasteiger partial charge in [0.1, 0.15) is 12.2 Å². The molecule has 1 atom stereocenters. The van der Waals surface area contributed by atoms with Crippen LogP contribution in [0.1, 0.15) is 32.8 Å². The summed E-state index contributed by atoms with van der Waals surface area (Å²) in [6.07, 6.45) is -0.449. The zero-order valence-corrected chi connectivity index (χ0v) is 15.2. The van der Waals surface area contributed by atoms with Crippen LogP contribution in [-0.4, -0.2) is 49.2 Å². The molecule has 0 heterocycles. The van der Waals surface area contributed by atoms with Crippen molar-refractivity contribution in [2.45, 2.75) is 45.4 Å². The number of rotatable bonds is 7. The van der Waals surface area contributed by atoms with Crippen molar-refractivity contribution < 1.29 is 19.1 Å². The standard InChI is InChI=1S/C18H28N2O4/c1-18(2,3)24-17(22)19-15(12-20(4)5)11-16(21)23-13-14-9-7-6-8-10-14/h6-10,15H,11-13H2,1-5H3,(H,19,22)/t15-/m1/s1. The van der Waals surface area contributed by atoms with Crippen molar-refractivity contribution in [1.29, 1.82) is 0 Å². The van der Waals surface area contributed by atoms with Crippen molar-refractivity contribution in [3.05, 3.63) is 35.9 Å². The monoisotopic (exact) mass is 336 g/mol. The summed E-state index contributed by atoms with van der Waals surface area (Å²) in [4.78, 5) is 25.8. The van der Waals surface area contributed by atoms with Crippen LogP contribution in [0.5, 0.6) is 0 Å². The van der Waals surface area contributed by atoms with Crippen LogP contribution in [0.4, 0.5) is 4.79 Å². The van der Waals surface area contributed by atoms with Gasteiger partial charge in [0.05, 0.1) is 12.5 Å². The summed E-state index contributed by atoms with van der Waals surface area (Å²) in [5.41, 5.74) is 0.343. The third-order valence-corrected chi connectivity index (χ3v) is 2.96. The van der Waals surface area contributed by atoms with E-state index in [1.54, 1.807) is 20.8 Å². The molecule has 0 aliphatic heterocycles. The van der Waals surface area contributed by atoms with E-state index in [4.69, 9.17) is 9.47 Å². The summed E-state index contributed by atoms with van der Waals surface area (Å²) in [5.74, 6) is -0.359. The van der Waals surface area contributed by atoms with Gasteiger partial charge in [-0.2, -0.15) is 0 Å². The van der Waals surface area contributed by atoms with E-state index >= 15 is 0 Å². The molecule has 1 N–H and O–H groups in total. The van der Waals surface area contributed by atoms with Crippen molar-refractivity contribution in [1.82, 2.24) is 10.2 Å². The number of likely N-dealkylation sites (N-methyl/N-ethyl adjacent to an activating group) is 1. The molecule has 0 aliphatic carbocycles. The summed E-state index contributed by atoms with van der Waals surface area (Å²) in [7, 11) is 3.75. The van der Waals surface area contributed by atoms with Gasteiger partial charge in [-0.1, -0.05) is 30.3 Å². The first-order chi connectivity index (χ1) is 11.2. The average Bonchev–Trinajstić information content (AvgIpc) is 2.43. The van der Waals surface area contributed by atoms with Gasteiger partial charge in [-0.25, -0.2) is 4.79 Å². The third kappa shape index (κ3) is 9.15. The number of esters is 1. The highest BCUT2D eigenvalue weighted by atomic mass is 16.6. The molecular weight excluding hydrogens is 308 g/mol. The lowest BCUT2D eigenvalue weighted by atomic mass is 10.2. The second-order valence-corrected chi connectivity index (χ2v) is 6.96. The Bertz CT molecular complexity index is 524. The predicted octanol–water partition coefficient (Wildman–Crippen LogP) is 2.57. The van der Waals surface area contributed by atoms with Crippen molar-refractivity contribution >= 4 is 12.1 Å². The highest BCUT2D eigenvalue weighted by Crippen LogP contribution is 2.08. The second-order valence-electron chi connectivity index (χ2n) is 6.96. The molecule has 134 valence electrons. The maximum absolute atomic E-state index is 12.0. The summed E-state index contributed by atoms with van der Waals surface area (Å²) >= 11 is 0. The number of carbonyl (C=O) groups is 2. The Morgan fingerprint density at radius 2 is 1.79 bits per heavy atom. The Morgan fingerprint density at radius 3 is 2.33 bits per heavy atom. The Balaban J connectivity index is 2.52. The first-order valence-electron chi connectivity index (χ1n) is 7.99. The molecule has 0 aliphatic rings. The topological polar surface area (TPSA) is 67.9 Å². The minimum absolute atomic E-state index is 0.0876. The molecule has 24 heavy (non-hydrogen) atoms.